The molecule has 4 heteroatoms. The van der Waals surface area contributed by atoms with Gasteiger partial charge in [-0.2, -0.15) is 0 Å². The van der Waals surface area contributed by atoms with Crippen molar-refractivity contribution in [1.82, 2.24) is 9.97 Å². The largest absolute Gasteiger partial charge is 0.392 e. The minimum atomic E-state index is -0.262. The van der Waals surface area contributed by atoms with Gasteiger partial charge in [-0.15, -0.1) is 0 Å². The van der Waals surface area contributed by atoms with Crippen molar-refractivity contribution < 1.29 is 9.53 Å². The number of ether oxygens (including phenoxy) is 1. The predicted octanol–water partition coefficient (Wildman–Crippen LogP) is 1.75. The monoisotopic (exact) mass is 182 g/mol. The van der Waals surface area contributed by atoms with Crippen molar-refractivity contribution in [1.29, 1.82) is 0 Å². The highest BCUT2D eigenvalue weighted by Crippen LogP contribution is 2.19. The Hall–Kier alpha value is -1.32. The molecule has 0 saturated heterocycles. The molecule has 0 fully saturated rings. The van der Waals surface area contributed by atoms with Gasteiger partial charge in [-0.05, 0) is 5.41 Å². The molecular formula is C9H14N2O2. The molecular weight excluding hydrogens is 168 g/mol. The number of nitrogens with zero attached hydrogens (tertiary/aromatic N) is 1. The number of rotatable bonds is 2. The lowest BCUT2D eigenvalue weighted by Gasteiger charge is -2.15. The van der Waals surface area contributed by atoms with E-state index in [4.69, 9.17) is 4.74 Å². The van der Waals surface area contributed by atoms with Crippen LogP contribution >= 0.6 is 0 Å². The number of aromatic amines is 1. The molecule has 1 rings (SSSR count). The van der Waals surface area contributed by atoms with Gasteiger partial charge in [0.1, 0.15) is 0 Å². The SMILES string of the molecule is CC(C)(C)CC(=O)Oc1ncc[nH]1. The van der Waals surface area contributed by atoms with E-state index in [-0.39, 0.29) is 17.4 Å². The molecule has 0 saturated carbocycles. The van der Waals surface area contributed by atoms with E-state index in [9.17, 15) is 4.79 Å². The zero-order valence-electron chi connectivity index (χ0n) is 8.13. The first kappa shape index (κ1) is 9.77. The van der Waals surface area contributed by atoms with Crippen LogP contribution in [-0.2, 0) is 4.79 Å². The van der Waals surface area contributed by atoms with Crippen LogP contribution < -0.4 is 4.74 Å². The lowest BCUT2D eigenvalue weighted by atomic mass is 9.93. The van der Waals surface area contributed by atoms with E-state index < -0.39 is 0 Å². The third-order valence-electron chi connectivity index (χ3n) is 1.36. The highest BCUT2D eigenvalue weighted by Gasteiger charge is 2.17. The Morgan fingerprint density at radius 2 is 2.31 bits per heavy atom. The van der Waals surface area contributed by atoms with E-state index in [2.05, 4.69) is 9.97 Å². The molecule has 0 bridgehead atoms. The van der Waals surface area contributed by atoms with Gasteiger partial charge < -0.3 is 9.72 Å². The minimum Gasteiger partial charge on any atom is -0.392 e. The average molecular weight is 182 g/mol. The van der Waals surface area contributed by atoms with Crippen LogP contribution in [0.1, 0.15) is 27.2 Å². The minimum absolute atomic E-state index is 0.0519. The number of aromatic nitrogens is 2. The van der Waals surface area contributed by atoms with Crippen LogP contribution in [0.4, 0.5) is 0 Å². The maximum Gasteiger partial charge on any atom is 0.314 e. The summed E-state index contributed by atoms with van der Waals surface area (Å²) in [6.07, 6.45) is 3.53. The highest BCUT2D eigenvalue weighted by molar-refractivity contribution is 5.72. The average Bonchev–Trinajstić information content (AvgIpc) is 2.34. The first-order valence-corrected chi connectivity index (χ1v) is 4.17. The third kappa shape index (κ3) is 3.73. The summed E-state index contributed by atoms with van der Waals surface area (Å²) >= 11 is 0. The summed E-state index contributed by atoms with van der Waals surface area (Å²) in [4.78, 5) is 17.7. The van der Waals surface area contributed by atoms with Crippen molar-refractivity contribution in [2.24, 2.45) is 5.41 Å². The second kappa shape index (κ2) is 3.60. The Balaban J connectivity index is 2.43. The number of esters is 1. The maximum atomic E-state index is 11.2. The molecule has 1 aromatic rings. The lowest BCUT2D eigenvalue weighted by molar-refractivity contribution is -0.136. The van der Waals surface area contributed by atoms with Gasteiger partial charge in [0.05, 0.1) is 6.42 Å². The Kier molecular flexibility index (Phi) is 2.70. The predicted molar refractivity (Wildman–Crippen MR) is 48.3 cm³/mol. The van der Waals surface area contributed by atoms with Gasteiger partial charge in [0.2, 0.25) is 0 Å². The Morgan fingerprint density at radius 1 is 1.62 bits per heavy atom. The molecule has 4 nitrogen and oxygen atoms in total. The van der Waals surface area contributed by atoms with Crippen LogP contribution in [0.5, 0.6) is 6.01 Å². The highest BCUT2D eigenvalue weighted by atomic mass is 16.5. The van der Waals surface area contributed by atoms with Crippen molar-refractivity contribution in [2.75, 3.05) is 0 Å². The fourth-order valence-electron chi connectivity index (χ4n) is 0.884. The van der Waals surface area contributed by atoms with Crippen LogP contribution in [0.15, 0.2) is 12.4 Å². The Morgan fingerprint density at radius 3 is 2.77 bits per heavy atom. The van der Waals surface area contributed by atoms with E-state index in [1.165, 1.54) is 0 Å². The molecule has 0 aliphatic rings. The first-order valence-electron chi connectivity index (χ1n) is 4.17. The van der Waals surface area contributed by atoms with E-state index in [1.807, 2.05) is 20.8 Å². The Bertz CT molecular complexity index is 272. The molecule has 13 heavy (non-hydrogen) atoms. The van der Waals surface area contributed by atoms with Gasteiger partial charge >= 0.3 is 12.0 Å². The normalized spacial score (nSPS) is 11.3. The summed E-state index contributed by atoms with van der Waals surface area (Å²) in [6, 6.07) is 0.259. The Labute approximate surface area is 77.3 Å². The van der Waals surface area contributed by atoms with Gasteiger partial charge in [0.25, 0.3) is 0 Å². The van der Waals surface area contributed by atoms with Crippen LogP contribution in [-0.4, -0.2) is 15.9 Å². The second-order valence-electron chi connectivity index (χ2n) is 4.11. The zero-order chi connectivity index (χ0) is 9.90. The number of hydrogen-bond donors (Lipinski definition) is 1. The van der Waals surface area contributed by atoms with Crippen LogP contribution in [0.2, 0.25) is 0 Å². The van der Waals surface area contributed by atoms with Gasteiger partial charge in [-0.25, -0.2) is 4.98 Å². The number of H-pyrrole nitrogens is 1. The molecule has 0 radical (unpaired) electrons. The molecule has 0 aliphatic heterocycles. The topological polar surface area (TPSA) is 55.0 Å². The molecule has 0 aromatic carbocycles. The summed E-state index contributed by atoms with van der Waals surface area (Å²) in [5.41, 5.74) is -0.0519. The molecule has 0 amide bonds. The first-order chi connectivity index (χ1) is 5.97. The quantitative estimate of drug-likeness (QED) is 0.709. The van der Waals surface area contributed by atoms with Crippen molar-refractivity contribution in [3.05, 3.63) is 12.4 Å². The summed E-state index contributed by atoms with van der Waals surface area (Å²) in [6.45, 7) is 5.95. The number of imidazole rings is 1. The van der Waals surface area contributed by atoms with Crippen molar-refractivity contribution in [2.45, 2.75) is 27.2 Å². The smallest absolute Gasteiger partial charge is 0.314 e. The molecule has 72 valence electrons. The molecule has 1 aromatic heterocycles. The van der Waals surface area contributed by atoms with Gasteiger partial charge in [0.15, 0.2) is 0 Å². The molecule has 1 heterocycles. The van der Waals surface area contributed by atoms with Crippen LogP contribution in [0.25, 0.3) is 0 Å². The number of carbonyl (C=O) groups is 1. The van der Waals surface area contributed by atoms with Crippen LogP contribution in [0, 0.1) is 5.41 Å². The third-order valence-corrected chi connectivity index (χ3v) is 1.36. The second-order valence-corrected chi connectivity index (χ2v) is 4.11. The molecule has 0 aliphatic carbocycles. The van der Waals surface area contributed by atoms with Gasteiger partial charge in [0, 0.05) is 12.4 Å². The van der Waals surface area contributed by atoms with Crippen molar-refractivity contribution in [3.63, 3.8) is 0 Å². The lowest BCUT2D eigenvalue weighted by Crippen LogP contribution is -2.18. The van der Waals surface area contributed by atoms with Crippen LogP contribution in [0.3, 0.4) is 0 Å². The number of carbonyl (C=O) groups excluding carboxylic acids is 1. The summed E-state index contributed by atoms with van der Waals surface area (Å²) in [5.74, 6) is -0.262. The van der Waals surface area contributed by atoms with Crippen molar-refractivity contribution in [3.8, 4) is 6.01 Å². The van der Waals surface area contributed by atoms with Gasteiger partial charge in [-0.3, -0.25) is 4.79 Å². The number of nitrogens with one attached hydrogen (secondary N) is 1. The van der Waals surface area contributed by atoms with E-state index in [0.717, 1.165) is 0 Å². The van der Waals surface area contributed by atoms with E-state index in [0.29, 0.717) is 6.42 Å². The molecule has 0 unspecified atom stereocenters. The summed E-state index contributed by atoms with van der Waals surface area (Å²) in [5, 5.41) is 0. The maximum absolute atomic E-state index is 11.2. The summed E-state index contributed by atoms with van der Waals surface area (Å²) < 4.78 is 4.92. The fourth-order valence-corrected chi connectivity index (χ4v) is 0.884. The van der Waals surface area contributed by atoms with Crippen molar-refractivity contribution >= 4 is 5.97 Å². The molecule has 1 N–H and O–H groups in total. The summed E-state index contributed by atoms with van der Waals surface area (Å²) in [7, 11) is 0. The fraction of sp³-hybridized carbons (Fsp3) is 0.556. The van der Waals surface area contributed by atoms with E-state index in [1.54, 1.807) is 12.4 Å². The number of hydrogen-bond acceptors (Lipinski definition) is 3. The molecule has 0 atom stereocenters. The standard InChI is InChI=1S/C9H14N2O2/c1-9(2,3)6-7(12)13-8-10-4-5-11-8/h4-5H,6H2,1-3H3,(H,10,11). The van der Waals surface area contributed by atoms with Gasteiger partial charge in [-0.1, -0.05) is 20.8 Å². The zero-order valence-corrected chi connectivity index (χ0v) is 8.13. The molecule has 0 spiro atoms. The van der Waals surface area contributed by atoms with E-state index >= 15 is 0 Å².